The number of nitrogens with one attached hydrogen (secondary N) is 1. The number of amides is 1. The van der Waals surface area contributed by atoms with Gasteiger partial charge in [-0.25, -0.2) is 0 Å². The predicted octanol–water partition coefficient (Wildman–Crippen LogP) is 2.45. The molecule has 2 aliphatic rings. The lowest BCUT2D eigenvalue weighted by molar-refractivity contribution is -0.138. The highest BCUT2D eigenvalue weighted by Gasteiger charge is 2.45. The van der Waals surface area contributed by atoms with Gasteiger partial charge in [-0.2, -0.15) is 0 Å². The minimum absolute atomic E-state index is 0.0457. The van der Waals surface area contributed by atoms with E-state index in [-0.39, 0.29) is 5.41 Å². The van der Waals surface area contributed by atoms with Gasteiger partial charge in [0.15, 0.2) is 0 Å². The largest absolute Gasteiger partial charge is 0.353 e. The van der Waals surface area contributed by atoms with E-state index in [1.165, 1.54) is 19.3 Å². The van der Waals surface area contributed by atoms with Crippen molar-refractivity contribution in [2.24, 2.45) is 23.0 Å². The molecule has 3 nitrogen and oxygen atoms in total. The summed E-state index contributed by atoms with van der Waals surface area (Å²) in [7, 11) is 0. The Morgan fingerprint density at radius 3 is 2.56 bits per heavy atom. The van der Waals surface area contributed by atoms with Gasteiger partial charge in [-0.3, -0.25) is 4.79 Å². The first kappa shape index (κ1) is 13.9. The second-order valence-electron chi connectivity index (χ2n) is 6.74. The van der Waals surface area contributed by atoms with Gasteiger partial charge in [0, 0.05) is 11.5 Å². The molecule has 0 saturated heterocycles. The third kappa shape index (κ3) is 2.71. The molecule has 0 aromatic rings. The van der Waals surface area contributed by atoms with Gasteiger partial charge in [-0.15, -0.1) is 0 Å². The van der Waals surface area contributed by atoms with Crippen molar-refractivity contribution in [3.63, 3.8) is 0 Å². The van der Waals surface area contributed by atoms with Gasteiger partial charge in [0.05, 0.1) is 0 Å². The van der Waals surface area contributed by atoms with Crippen molar-refractivity contribution in [1.29, 1.82) is 0 Å². The number of carbonyl (C=O) groups excluding carboxylic acids is 1. The third-order valence-corrected chi connectivity index (χ3v) is 4.87. The Bertz CT molecular complexity index is 297. The molecule has 2 rings (SSSR count). The molecule has 2 atom stereocenters. The summed E-state index contributed by atoms with van der Waals surface area (Å²) in [6.45, 7) is 5.14. The minimum atomic E-state index is -0.0457. The molecule has 104 valence electrons. The number of carbonyl (C=O) groups is 1. The van der Waals surface area contributed by atoms with E-state index in [4.69, 9.17) is 5.73 Å². The van der Waals surface area contributed by atoms with Crippen molar-refractivity contribution < 1.29 is 4.79 Å². The van der Waals surface area contributed by atoms with Gasteiger partial charge in [0.1, 0.15) is 0 Å². The molecule has 3 heteroatoms. The van der Waals surface area contributed by atoms with Gasteiger partial charge >= 0.3 is 0 Å². The Hall–Kier alpha value is -0.570. The Morgan fingerprint density at radius 1 is 1.33 bits per heavy atom. The van der Waals surface area contributed by atoms with Gasteiger partial charge in [-0.1, -0.05) is 26.7 Å². The quantitative estimate of drug-likeness (QED) is 0.789. The zero-order valence-electron chi connectivity index (χ0n) is 11.9. The van der Waals surface area contributed by atoms with Crippen LogP contribution >= 0.6 is 0 Å². The number of nitrogens with two attached hydrogens (primary N) is 1. The average molecular weight is 252 g/mol. The first-order chi connectivity index (χ1) is 8.57. The molecule has 0 aliphatic heterocycles. The SMILES string of the molecule is CC(C)CC1(C(=O)NC2CCCC2CN)CCC1. The van der Waals surface area contributed by atoms with Crippen molar-refractivity contribution in [1.82, 2.24) is 5.32 Å². The Morgan fingerprint density at radius 2 is 2.06 bits per heavy atom. The maximum atomic E-state index is 12.5. The summed E-state index contributed by atoms with van der Waals surface area (Å²) in [5.74, 6) is 1.42. The summed E-state index contributed by atoms with van der Waals surface area (Å²) in [4.78, 5) is 12.5. The lowest BCUT2D eigenvalue weighted by Gasteiger charge is -2.42. The zero-order chi connectivity index (χ0) is 13.2. The van der Waals surface area contributed by atoms with E-state index in [0.29, 0.717) is 30.3 Å². The topological polar surface area (TPSA) is 55.1 Å². The van der Waals surface area contributed by atoms with E-state index < -0.39 is 0 Å². The Kier molecular flexibility index (Phi) is 4.31. The molecule has 0 spiro atoms. The average Bonchev–Trinajstić information content (AvgIpc) is 2.70. The van der Waals surface area contributed by atoms with Crippen LogP contribution in [0, 0.1) is 17.3 Å². The molecule has 2 aliphatic carbocycles. The Labute approximate surface area is 111 Å². The highest BCUT2D eigenvalue weighted by Crippen LogP contribution is 2.46. The molecule has 2 unspecified atom stereocenters. The van der Waals surface area contributed by atoms with Crippen molar-refractivity contribution >= 4 is 5.91 Å². The molecule has 0 radical (unpaired) electrons. The molecule has 3 N–H and O–H groups in total. The second-order valence-corrected chi connectivity index (χ2v) is 6.74. The molecular weight excluding hydrogens is 224 g/mol. The van der Waals surface area contributed by atoms with Crippen molar-refractivity contribution in [3.05, 3.63) is 0 Å². The van der Waals surface area contributed by atoms with Crippen LogP contribution in [0.15, 0.2) is 0 Å². The highest BCUT2D eigenvalue weighted by molar-refractivity contribution is 5.83. The van der Waals surface area contributed by atoms with Crippen molar-refractivity contribution in [2.45, 2.75) is 64.8 Å². The number of rotatable bonds is 5. The molecule has 18 heavy (non-hydrogen) atoms. The second kappa shape index (κ2) is 5.60. The molecule has 2 fully saturated rings. The molecule has 0 aromatic carbocycles. The predicted molar refractivity (Wildman–Crippen MR) is 74.1 cm³/mol. The fourth-order valence-corrected chi connectivity index (χ4v) is 3.74. The maximum absolute atomic E-state index is 12.5. The summed E-state index contributed by atoms with van der Waals surface area (Å²) in [5, 5.41) is 3.31. The normalized spacial score (nSPS) is 30.2. The fourth-order valence-electron chi connectivity index (χ4n) is 3.74. The van der Waals surface area contributed by atoms with Crippen LogP contribution in [0.2, 0.25) is 0 Å². The summed E-state index contributed by atoms with van der Waals surface area (Å²) in [6, 6.07) is 0.340. The van der Waals surface area contributed by atoms with Crippen LogP contribution in [0.4, 0.5) is 0 Å². The third-order valence-electron chi connectivity index (χ3n) is 4.87. The van der Waals surface area contributed by atoms with Crippen LogP contribution in [0.1, 0.15) is 58.8 Å². The maximum Gasteiger partial charge on any atom is 0.226 e. The fraction of sp³-hybridized carbons (Fsp3) is 0.933. The van der Waals surface area contributed by atoms with Crippen LogP contribution in [-0.4, -0.2) is 18.5 Å². The summed E-state index contributed by atoms with van der Waals surface area (Å²) >= 11 is 0. The molecule has 0 aromatic heterocycles. The van der Waals surface area contributed by atoms with Crippen LogP contribution < -0.4 is 11.1 Å². The van der Waals surface area contributed by atoms with Gasteiger partial charge in [0.25, 0.3) is 0 Å². The van der Waals surface area contributed by atoms with Crippen LogP contribution in [0.25, 0.3) is 0 Å². The molecule has 2 saturated carbocycles. The number of hydrogen-bond acceptors (Lipinski definition) is 2. The standard InChI is InChI=1S/C15H28N2O/c1-11(2)9-15(7-4-8-15)14(18)17-13-6-3-5-12(13)10-16/h11-13H,3-10,16H2,1-2H3,(H,17,18). The Balaban J connectivity index is 1.93. The zero-order valence-corrected chi connectivity index (χ0v) is 11.9. The lowest BCUT2D eigenvalue weighted by atomic mass is 9.64. The van der Waals surface area contributed by atoms with Crippen LogP contribution in [0.5, 0.6) is 0 Å². The van der Waals surface area contributed by atoms with E-state index >= 15 is 0 Å². The summed E-state index contributed by atoms with van der Waals surface area (Å²) in [6.07, 6.45) is 7.92. The van der Waals surface area contributed by atoms with E-state index in [2.05, 4.69) is 19.2 Å². The first-order valence-corrected chi connectivity index (χ1v) is 7.58. The minimum Gasteiger partial charge on any atom is -0.353 e. The van der Waals surface area contributed by atoms with Crippen LogP contribution in [-0.2, 0) is 4.79 Å². The smallest absolute Gasteiger partial charge is 0.226 e. The van der Waals surface area contributed by atoms with E-state index in [1.54, 1.807) is 0 Å². The van der Waals surface area contributed by atoms with Gasteiger partial charge < -0.3 is 11.1 Å². The molecular formula is C15H28N2O. The van der Waals surface area contributed by atoms with Gasteiger partial charge in [-0.05, 0) is 50.5 Å². The van der Waals surface area contributed by atoms with E-state index in [0.717, 1.165) is 25.7 Å². The van der Waals surface area contributed by atoms with Crippen molar-refractivity contribution in [2.75, 3.05) is 6.54 Å². The highest BCUT2D eigenvalue weighted by atomic mass is 16.2. The van der Waals surface area contributed by atoms with E-state index in [9.17, 15) is 4.79 Å². The summed E-state index contributed by atoms with van der Waals surface area (Å²) in [5.41, 5.74) is 5.74. The molecule has 0 bridgehead atoms. The van der Waals surface area contributed by atoms with E-state index in [1.807, 2.05) is 0 Å². The monoisotopic (exact) mass is 252 g/mol. The number of hydrogen-bond donors (Lipinski definition) is 2. The molecule has 0 heterocycles. The van der Waals surface area contributed by atoms with Crippen LogP contribution in [0.3, 0.4) is 0 Å². The van der Waals surface area contributed by atoms with Crippen molar-refractivity contribution in [3.8, 4) is 0 Å². The van der Waals surface area contributed by atoms with Gasteiger partial charge in [0.2, 0.25) is 5.91 Å². The first-order valence-electron chi connectivity index (χ1n) is 7.58. The lowest BCUT2D eigenvalue weighted by Crippen LogP contribution is -2.51. The molecule has 1 amide bonds. The summed E-state index contributed by atoms with van der Waals surface area (Å²) < 4.78 is 0.